The second kappa shape index (κ2) is 9.97. The van der Waals surface area contributed by atoms with Crippen molar-refractivity contribution in [2.45, 2.75) is 13.5 Å². The van der Waals surface area contributed by atoms with Crippen molar-refractivity contribution in [3.05, 3.63) is 75.7 Å². The maximum absolute atomic E-state index is 12.3. The molecule has 2 amide bonds. The SMILES string of the molecule is Cc1nc(COc2cccc(/C=C/C(=O)NNC(=O)c3ccc4c(c3)OCCO4)c2)cs1. The number of aromatic nitrogens is 1. The van der Waals surface area contributed by atoms with Gasteiger partial charge in [-0.2, -0.15) is 0 Å². The van der Waals surface area contributed by atoms with Crippen LogP contribution in [0.15, 0.2) is 53.9 Å². The first-order valence-electron chi connectivity index (χ1n) is 9.89. The molecule has 0 bridgehead atoms. The van der Waals surface area contributed by atoms with Crippen LogP contribution in [0.3, 0.4) is 0 Å². The fraction of sp³-hybridized carbons (Fsp3) is 0.174. The number of carbonyl (C=O) groups is 2. The number of hydrazine groups is 1. The molecular formula is C23H21N3O5S. The minimum atomic E-state index is -0.472. The zero-order valence-electron chi connectivity index (χ0n) is 17.3. The Balaban J connectivity index is 1.28. The predicted molar refractivity (Wildman–Crippen MR) is 120 cm³/mol. The van der Waals surface area contributed by atoms with Gasteiger partial charge in [-0.3, -0.25) is 20.4 Å². The Morgan fingerprint density at radius 1 is 1.12 bits per heavy atom. The first kappa shape index (κ1) is 21.4. The van der Waals surface area contributed by atoms with Crippen LogP contribution < -0.4 is 25.1 Å². The molecule has 1 aliphatic rings. The van der Waals surface area contributed by atoms with Crippen LogP contribution in [0.1, 0.15) is 26.6 Å². The third kappa shape index (κ3) is 5.64. The molecule has 4 rings (SSSR count). The van der Waals surface area contributed by atoms with Gasteiger partial charge in [-0.1, -0.05) is 12.1 Å². The molecule has 1 aromatic heterocycles. The fourth-order valence-electron chi connectivity index (χ4n) is 2.93. The van der Waals surface area contributed by atoms with Crippen molar-refractivity contribution in [1.82, 2.24) is 15.8 Å². The minimum absolute atomic E-state index is 0.346. The number of rotatable bonds is 6. The summed E-state index contributed by atoms with van der Waals surface area (Å²) in [6.07, 6.45) is 2.96. The van der Waals surface area contributed by atoms with E-state index in [0.29, 0.717) is 42.6 Å². The second-order valence-electron chi connectivity index (χ2n) is 6.85. The van der Waals surface area contributed by atoms with Crippen molar-refractivity contribution in [3.8, 4) is 17.2 Å². The summed E-state index contributed by atoms with van der Waals surface area (Å²) in [5.41, 5.74) is 6.74. The summed E-state index contributed by atoms with van der Waals surface area (Å²) < 4.78 is 16.6. The normalized spacial score (nSPS) is 12.4. The number of fused-ring (bicyclic) bond motifs is 1. The third-order valence-electron chi connectivity index (χ3n) is 4.44. The van der Waals surface area contributed by atoms with Crippen LogP contribution >= 0.6 is 11.3 Å². The lowest BCUT2D eigenvalue weighted by molar-refractivity contribution is -0.117. The highest BCUT2D eigenvalue weighted by molar-refractivity contribution is 7.09. The van der Waals surface area contributed by atoms with Gasteiger partial charge in [0.25, 0.3) is 11.8 Å². The molecule has 3 aromatic rings. The number of thiazole rings is 1. The van der Waals surface area contributed by atoms with Crippen LogP contribution in [0.25, 0.3) is 6.08 Å². The number of hydrogen-bond donors (Lipinski definition) is 2. The summed E-state index contributed by atoms with van der Waals surface area (Å²) >= 11 is 1.58. The molecule has 2 aromatic carbocycles. The third-order valence-corrected chi connectivity index (χ3v) is 5.26. The maximum atomic E-state index is 12.3. The Morgan fingerprint density at radius 3 is 2.78 bits per heavy atom. The molecule has 0 fully saturated rings. The zero-order chi connectivity index (χ0) is 22.3. The van der Waals surface area contributed by atoms with Crippen molar-refractivity contribution in [3.63, 3.8) is 0 Å². The van der Waals surface area contributed by atoms with Gasteiger partial charge < -0.3 is 14.2 Å². The van der Waals surface area contributed by atoms with Crippen LogP contribution in [0, 0.1) is 6.92 Å². The highest BCUT2D eigenvalue weighted by Gasteiger charge is 2.15. The first-order valence-corrected chi connectivity index (χ1v) is 10.8. The van der Waals surface area contributed by atoms with E-state index in [0.717, 1.165) is 16.3 Å². The van der Waals surface area contributed by atoms with E-state index >= 15 is 0 Å². The second-order valence-corrected chi connectivity index (χ2v) is 7.92. The standard InChI is InChI=1S/C23H21N3O5S/c1-15-24-18(14-32-15)13-31-19-4-2-3-16(11-19)5-8-22(27)25-26-23(28)17-6-7-20-21(12-17)30-10-9-29-20/h2-8,11-12,14H,9-10,13H2,1H3,(H,25,27)(H,26,28)/b8-5+. The molecule has 0 radical (unpaired) electrons. The Hall–Kier alpha value is -3.85. The quantitative estimate of drug-likeness (QED) is 0.441. The molecule has 9 heteroatoms. The van der Waals surface area contributed by atoms with Gasteiger partial charge in [0.15, 0.2) is 11.5 Å². The average molecular weight is 452 g/mol. The molecule has 0 aliphatic carbocycles. The number of carbonyl (C=O) groups excluding carboxylic acids is 2. The lowest BCUT2D eigenvalue weighted by Gasteiger charge is -2.18. The lowest BCUT2D eigenvalue weighted by Crippen LogP contribution is -2.40. The summed E-state index contributed by atoms with van der Waals surface area (Å²) in [5.74, 6) is 0.830. The highest BCUT2D eigenvalue weighted by atomic mass is 32.1. The Labute approximate surface area is 188 Å². The van der Waals surface area contributed by atoms with Crippen molar-refractivity contribution in [1.29, 1.82) is 0 Å². The van der Waals surface area contributed by atoms with E-state index < -0.39 is 11.8 Å². The molecule has 0 saturated carbocycles. The van der Waals surface area contributed by atoms with Gasteiger partial charge in [0.05, 0.1) is 10.7 Å². The summed E-state index contributed by atoms with van der Waals surface area (Å²) in [5, 5.41) is 2.95. The van der Waals surface area contributed by atoms with Crippen molar-refractivity contribution in [2.75, 3.05) is 13.2 Å². The largest absolute Gasteiger partial charge is 0.487 e. The fourth-order valence-corrected chi connectivity index (χ4v) is 3.53. The smallest absolute Gasteiger partial charge is 0.269 e. The molecule has 0 unspecified atom stereocenters. The number of hydrogen-bond acceptors (Lipinski definition) is 7. The first-order chi connectivity index (χ1) is 15.6. The molecule has 1 aliphatic heterocycles. The van der Waals surface area contributed by atoms with Gasteiger partial charge in [0.1, 0.15) is 25.6 Å². The predicted octanol–water partition coefficient (Wildman–Crippen LogP) is 3.28. The van der Waals surface area contributed by atoms with Crippen molar-refractivity contribution in [2.24, 2.45) is 0 Å². The maximum Gasteiger partial charge on any atom is 0.269 e. The summed E-state index contributed by atoms with van der Waals surface area (Å²) in [6.45, 7) is 3.23. The van der Waals surface area contributed by atoms with Gasteiger partial charge in [-0.05, 0) is 48.9 Å². The summed E-state index contributed by atoms with van der Waals surface area (Å²) in [4.78, 5) is 28.7. The molecule has 0 saturated heterocycles. The van der Waals surface area contributed by atoms with Gasteiger partial charge in [-0.15, -0.1) is 11.3 Å². The molecule has 32 heavy (non-hydrogen) atoms. The van der Waals surface area contributed by atoms with E-state index in [1.54, 1.807) is 35.6 Å². The van der Waals surface area contributed by atoms with Crippen LogP contribution in [-0.4, -0.2) is 30.0 Å². The number of aryl methyl sites for hydroxylation is 1. The number of amides is 2. The van der Waals surface area contributed by atoms with Gasteiger partial charge in [0.2, 0.25) is 0 Å². The van der Waals surface area contributed by atoms with E-state index in [1.165, 1.54) is 6.08 Å². The zero-order valence-corrected chi connectivity index (χ0v) is 18.1. The summed E-state index contributed by atoms with van der Waals surface area (Å²) in [6, 6.07) is 12.2. The van der Waals surface area contributed by atoms with Crippen LogP contribution in [-0.2, 0) is 11.4 Å². The van der Waals surface area contributed by atoms with E-state index in [2.05, 4.69) is 15.8 Å². The Bertz CT molecular complexity index is 1160. The number of nitrogens with zero attached hydrogens (tertiary/aromatic N) is 1. The molecule has 8 nitrogen and oxygen atoms in total. The monoisotopic (exact) mass is 451 g/mol. The minimum Gasteiger partial charge on any atom is -0.487 e. The van der Waals surface area contributed by atoms with E-state index in [1.807, 2.05) is 36.6 Å². The molecular weight excluding hydrogens is 430 g/mol. The van der Waals surface area contributed by atoms with Crippen molar-refractivity contribution < 1.29 is 23.8 Å². The Morgan fingerprint density at radius 2 is 1.97 bits per heavy atom. The topological polar surface area (TPSA) is 98.8 Å². The summed E-state index contributed by atoms with van der Waals surface area (Å²) in [7, 11) is 0. The van der Waals surface area contributed by atoms with Crippen LogP contribution in [0.4, 0.5) is 0 Å². The highest BCUT2D eigenvalue weighted by Crippen LogP contribution is 2.30. The average Bonchev–Trinajstić information content (AvgIpc) is 3.25. The van der Waals surface area contributed by atoms with E-state index in [9.17, 15) is 9.59 Å². The van der Waals surface area contributed by atoms with Crippen molar-refractivity contribution >= 4 is 29.2 Å². The molecule has 2 N–H and O–H groups in total. The number of benzene rings is 2. The van der Waals surface area contributed by atoms with E-state index in [4.69, 9.17) is 14.2 Å². The van der Waals surface area contributed by atoms with Gasteiger partial charge in [-0.25, -0.2) is 4.98 Å². The molecule has 164 valence electrons. The van der Waals surface area contributed by atoms with Gasteiger partial charge in [0, 0.05) is 17.0 Å². The number of nitrogens with one attached hydrogen (secondary N) is 2. The lowest BCUT2D eigenvalue weighted by atomic mass is 10.2. The van der Waals surface area contributed by atoms with Crippen LogP contribution in [0.5, 0.6) is 17.2 Å². The number of ether oxygens (including phenoxy) is 3. The Kier molecular flexibility index (Phi) is 6.66. The molecule has 2 heterocycles. The molecule has 0 atom stereocenters. The van der Waals surface area contributed by atoms with Gasteiger partial charge >= 0.3 is 0 Å². The van der Waals surface area contributed by atoms with E-state index in [-0.39, 0.29) is 0 Å². The van der Waals surface area contributed by atoms with Crippen LogP contribution in [0.2, 0.25) is 0 Å². The molecule has 0 spiro atoms.